The molecule has 0 bridgehead atoms. The smallest absolute Gasteiger partial charge is 0.348 e. The van der Waals surface area contributed by atoms with Crippen molar-refractivity contribution >= 4 is 45.0 Å². The van der Waals surface area contributed by atoms with E-state index in [4.69, 9.17) is 16.3 Å². The Bertz CT molecular complexity index is 1010. The largest absolute Gasteiger partial charge is 0.451 e. The molecule has 0 spiro atoms. The third-order valence-electron chi connectivity index (χ3n) is 4.10. The number of para-hydroxylation sites is 1. The van der Waals surface area contributed by atoms with Crippen LogP contribution >= 0.6 is 22.9 Å². The van der Waals surface area contributed by atoms with Crippen molar-refractivity contribution in [3.8, 4) is 5.69 Å². The van der Waals surface area contributed by atoms with Crippen molar-refractivity contribution in [2.75, 3.05) is 6.61 Å². The lowest BCUT2D eigenvalue weighted by atomic mass is 10.3. The zero-order valence-corrected chi connectivity index (χ0v) is 15.6. The number of hydrogen-bond donors (Lipinski definition) is 1. The summed E-state index contributed by atoms with van der Waals surface area (Å²) in [5.74, 6) is -0.775. The molecule has 0 saturated heterocycles. The maximum Gasteiger partial charge on any atom is 0.348 e. The normalized spacial score (nSPS) is 13.8. The van der Waals surface area contributed by atoms with Gasteiger partial charge in [-0.1, -0.05) is 23.7 Å². The van der Waals surface area contributed by atoms with Crippen LogP contribution in [0.5, 0.6) is 0 Å². The van der Waals surface area contributed by atoms with Crippen LogP contribution in [0.3, 0.4) is 0 Å². The number of carbonyl (C=O) groups excluding carboxylic acids is 2. The lowest BCUT2D eigenvalue weighted by molar-refractivity contribution is -0.124. The van der Waals surface area contributed by atoms with Gasteiger partial charge in [-0.3, -0.25) is 4.79 Å². The average molecular weight is 390 g/mol. The summed E-state index contributed by atoms with van der Waals surface area (Å²) in [6, 6.07) is 9.38. The first-order chi connectivity index (χ1) is 12.5. The summed E-state index contributed by atoms with van der Waals surface area (Å²) in [6.45, 7) is 1.61. The first kappa shape index (κ1) is 17.1. The van der Waals surface area contributed by atoms with Crippen molar-refractivity contribution in [1.82, 2.24) is 15.1 Å². The van der Waals surface area contributed by atoms with Gasteiger partial charge in [-0.05, 0) is 38.0 Å². The van der Waals surface area contributed by atoms with Crippen molar-refractivity contribution in [2.45, 2.75) is 25.8 Å². The number of carbonyl (C=O) groups is 2. The molecule has 1 fully saturated rings. The van der Waals surface area contributed by atoms with E-state index in [1.807, 2.05) is 25.1 Å². The minimum Gasteiger partial charge on any atom is -0.451 e. The van der Waals surface area contributed by atoms with Gasteiger partial charge in [0, 0.05) is 11.4 Å². The van der Waals surface area contributed by atoms with Crippen LogP contribution in [0.25, 0.3) is 15.9 Å². The standard InChI is InChI=1S/C18H16ClN3O3S/c1-10-12-8-15(18(24)25-9-16(23)20-11-6-7-11)26-17(12)22(21-10)14-5-3-2-4-13(14)19/h2-5,8,11H,6-7,9H2,1H3,(H,20,23). The minimum absolute atomic E-state index is 0.245. The van der Waals surface area contributed by atoms with Gasteiger partial charge >= 0.3 is 5.97 Å². The Labute approximate surface area is 158 Å². The Balaban J connectivity index is 1.57. The summed E-state index contributed by atoms with van der Waals surface area (Å²) in [5, 5.41) is 8.75. The van der Waals surface area contributed by atoms with E-state index in [1.54, 1.807) is 16.8 Å². The molecular formula is C18H16ClN3O3S. The van der Waals surface area contributed by atoms with E-state index in [2.05, 4.69) is 10.4 Å². The van der Waals surface area contributed by atoms with Crippen LogP contribution in [-0.4, -0.2) is 34.3 Å². The molecule has 6 nitrogen and oxygen atoms in total. The number of aromatic nitrogens is 2. The number of benzene rings is 1. The summed E-state index contributed by atoms with van der Waals surface area (Å²) < 4.78 is 6.86. The van der Waals surface area contributed by atoms with Crippen molar-refractivity contribution in [3.05, 3.63) is 45.9 Å². The Morgan fingerprint density at radius 3 is 2.88 bits per heavy atom. The molecule has 1 aliphatic rings. The summed E-state index contributed by atoms with van der Waals surface area (Å²) in [7, 11) is 0. The van der Waals surface area contributed by atoms with E-state index >= 15 is 0 Å². The molecule has 0 unspecified atom stereocenters. The number of halogens is 1. The molecule has 134 valence electrons. The summed E-state index contributed by atoms with van der Waals surface area (Å²) in [4.78, 5) is 25.2. The van der Waals surface area contributed by atoms with Gasteiger partial charge in [0.05, 0.1) is 16.4 Å². The first-order valence-corrected chi connectivity index (χ1v) is 9.43. The van der Waals surface area contributed by atoms with E-state index in [0.29, 0.717) is 9.90 Å². The summed E-state index contributed by atoms with van der Waals surface area (Å²) in [5.41, 5.74) is 1.54. The SMILES string of the molecule is Cc1nn(-c2ccccc2Cl)c2sc(C(=O)OCC(=O)NC3CC3)cc12. The van der Waals surface area contributed by atoms with Gasteiger partial charge in [-0.15, -0.1) is 11.3 Å². The van der Waals surface area contributed by atoms with Crippen molar-refractivity contribution in [1.29, 1.82) is 0 Å². The van der Waals surface area contributed by atoms with Crippen molar-refractivity contribution in [2.24, 2.45) is 0 Å². The maximum absolute atomic E-state index is 12.3. The highest BCUT2D eigenvalue weighted by molar-refractivity contribution is 7.20. The van der Waals surface area contributed by atoms with Crippen molar-refractivity contribution in [3.63, 3.8) is 0 Å². The van der Waals surface area contributed by atoms with E-state index in [0.717, 1.165) is 34.4 Å². The Kier molecular flexibility index (Phi) is 4.42. The van der Waals surface area contributed by atoms with Gasteiger partial charge in [0.15, 0.2) is 6.61 Å². The van der Waals surface area contributed by atoms with Gasteiger partial charge in [-0.2, -0.15) is 5.10 Å². The van der Waals surface area contributed by atoms with E-state index in [-0.39, 0.29) is 18.6 Å². The number of thiophene rings is 1. The third-order valence-corrected chi connectivity index (χ3v) is 5.51. The van der Waals surface area contributed by atoms with E-state index in [1.165, 1.54) is 11.3 Å². The molecule has 2 heterocycles. The third kappa shape index (κ3) is 3.32. The molecule has 1 aromatic carbocycles. The van der Waals surface area contributed by atoms with Gasteiger partial charge < -0.3 is 10.1 Å². The number of nitrogens with zero attached hydrogens (tertiary/aromatic N) is 2. The lowest BCUT2D eigenvalue weighted by Gasteiger charge is -2.05. The molecular weight excluding hydrogens is 374 g/mol. The van der Waals surface area contributed by atoms with E-state index < -0.39 is 5.97 Å². The fourth-order valence-electron chi connectivity index (χ4n) is 2.63. The van der Waals surface area contributed by atoms with Crippen LogP contribution in [0, 0.1) is 6.92 Å². The molecule has 8 heteroatoms. The zero-order valence-electron chi connectivity index (χ0n) is 14.0. The molecule has 1 N–H and O–H groups in total. The molecule has 1 aliphatic carbocycles. The number of rotatable bonds is 5. The van der Waals surface area contributed by atoms with E-state index in [9.17, 15) is 9.59 Å². The zero-order chi connectivity index (χ0) is 18.3. The molecule has 2 aromatic heterocycles. The maximum atomic E-state index is 12.3. The average Bonchev–Trinajstić information content (AvgIpc) is 3.22. The monoisotopic (exact) mass is 389 g/mol. The van der Waals surface area contributed by atoms with Crippen molar-refractivity contribution < 1.29 is 14.3 Å². The second kappa shape index (κ2) is 6.74. The number of aryl methyl sites for hydroxylation is 1. The lowest BCUT2D eigenvalue weighted by Crippen LogP contribution is -2.30. The summed E-state index contributed by atoms with van der Waals surface area (Å²) >= 11 is 7.55. The second-order valence-electron chi connectivity index (χ2n) is 6.20. The van der Waals surface area contributed by atoms with Crippen LogP contribution in [0.15, 0.2) is 30.3 Å². The molecule has 0 radical (unpaired) electrons. The minimum atomic E-state index is -0.512. The molecule has 1 amide bonds. The first-order valence-electron chi connectivity index (χ1n) is 8.23. The van der Waals surface area contributed by atoms with Crippen LogP contribution in [0.4, 0.5) is 0 Å². The number of nitrogens with one attached hydrogen (secondary N) is 1. The topological polar surface area (TPSA) is 73.2 Å². The molecule has 26 heavy (non-hydrogen) atoms. The van der Waals surface area contributed by atoms with Crippen LogP contribution < -0.4 is 5.32 Å². The van der Waals surface area contributed by atoms with Crippen LogP contribution in [0.1, 0.15) is 28.2 Å². The number of esters is 1. The highest BCUT2D eigenvalue weighted by atomic mass is 35.5. The van der Waals surface area contributed by atoms with Gasteiger partial charge in [-0.25, -0.2) is 9.48 Å². The molecule has 3 aromatic rings. The van der Waals surface area contributed by atoms with Gasteiger partial charge in [0.1, 0.15) is 9.71 Å². The molecule has 0 aliphatic heterocycles. The molecule has 1 saturated carbocycles. The number of ether oxygens (including phenoxy) is 1. The Morgan fingerprint density at radius 1 is 1.38 bits per heavy atom. The predicted octanol–water partition coefficient (Wildman–Crippen LogP) is 3.48. The van der Waals surface area contributed by atoms with Crippen LogP contribution in [0.2, 0.25) is 5.02 Å². The van der Waals surface area contributed by atoms with Gasteiger partial charge in [0.25, 0.3) is 5.91 Å². The second-order valence-corrected chi connectivity index (χ2v) is 7.63. The number of hydrogen-bond acceptors (Lipinski definition) is 5. The number of fused-ring (bicyclic) bond motifs is 1. The number of amides is 1. The quantitative estimate of drug-likeness (QED) is 0.678. The highest BCUT2D eigenvalue weighted by Gasteiger charge is 2.24. The van der Waals surface area contributed by atoms with Gasteiger partial charge in [0.2, 0.25) is 0 Å². The fraction of sp³-hybridized carbons (Fsp3) is 0.278. The fourth-order valence-corrected chi connectivity index (χ4v) is 3.92. The predicted molar refractivity (Wildman–Crippen MR) is 100 cm³/mol. The summed E-state index contributed by atoms with van der Waals surface area (Å²) in [6.07, 6.45) is 1.99. The highest BCUT2D eigenvalue weighted by Crippen LogP contribution is 2.32. The Hall–Kier alpha value is -2.38. The molecule has 4 rings (SSSR count). The molecule has 0 atom stereocenters. The Morgan fingerprint density at radius 2 is 2.15 bits per heavy atom. The van der Waals surface area contributed by atoms with Crippen LogP contribution in [-0.2, 0) is 9.53 Å².